The Labute approximate surface area is 197 Å². The topological polar surface area (TPSA) is 214 Å². The van der Waals surface area contributed by atoms with E-state index in [4.69, 9.17) is 11.5 Å². The normalized spacial score (nSPS) is 18.2. The minimum Gasteiger partial charge on any atom is -0.480 e. The molecule has 1 aromatic heterocycles. The number of amides is 4. The van der Waals surface area contributed by atoms with E-state index in [1.165, 1.54) is 17.4 Å². The number of carboxylic acid groups (broad SMARTS) is 1. The Morgan fingerprint density at radius 1 is 1.21 bits per heavy atom. The summed E-state index contributed by atoms with van der Waals surface area (Å²) in [5.41, 5.74) is 11.3. The van der Waals surface area contributed by atoms with Crippen LogP contribution >= 0.6 is 0 Å². The molecule has 2 heterocycles. The Morgan fingerprint density at radius 3 is 2.44 bits per heavy atom. The number of carbonyl (C=O) groups is 5. The summed E-state index contributed by atoms with van der Waals surface area (Å²) in [6.45, 7) is 3.97. The van der Waals surface area contributed by atoms with Gasteiger partial charge in [0.1, 0.15) is 18.1 Å². The minimum atomic E-state index is -1.22. The number of hydrogen-bond donors (Lipinski definition) is 6. The third-order valence-electron chi connectivity index (χ3n) is 5.51. The molecule has 0 spiro atoms. The number of imidazole rings is 1. The van der Waals surface area contributed by atoms with Crippen molar-refractivity contribution in [1.82, 2.24) is 25.5 Å². The third kappa shape index (κ3) is 7.54. The molecule has 0 bridgehead atoms. The van der Waals surface area contributed by atoms with Crippen LogP contribution in [-0.2, 0) is 30.4 Å². The number of aromatic amines is 1. The molecular formula is C21H33N7O6. The summed E-state index contributed by atoms with van der Waals surface area (Å²) in [5, 5.41) is 14.7. The zero-order valence-corrected chi connectivity index (χ0v) is 19.3. The van der Waals surface area contributed by atoms with Gasteiger partial charge in [0.2, 0.25) is 23.6 Å². The molecule has 1 aliphatic heterocycles. The van der Waals surface area contributed by atoms with Crippen molar-refractivity contribution < 1.29 is 29.1 Å². The molecule has 8 N–H and O–H groups in total. The van der Waals surface area contributed by atoms with Crippen molar-refractivity contribution >= 4 is 29.6 Å². The van der Waals surface area contributed by atoms with E-state index < -0.39 is 53.8 Å². The number of carboxylic acids is 1. The number of aromatic nitrogens is 2. The lowest BCUT2D eigenvalue weighted by Gasteiger charge is -2.29. The first-order valence-corrected chi connectivity index (χ1v) is 11.1. The van der Waals surface area contributed by atoms with Crippen LogP contribution in [-0.4, -0.2) is 80.3 Å². The highest BCUT2D eigenvalue weighted by molar-refractivity contribution is 5.95. The van der Waals surface area contributed by atoms with Gasteiger partial charge < -0.3 is 37.1 Å². The predicted molar refractivity (Wildman–Crippen MR) is 120 cm³/mol. The molecule has 13 heteroatoms. The highest BCUT2D eigenvalue weighted by Gasteiger charge is 2.38. The SMILES string of the molecule is CC(C)CC(NC(=O)C(N)CC(N)=O)C(=O)NC(Cc1cnc[nH]1)C(=O)N1CCCC1C(=O)O. The van der Waals surface area contributed by atoms with E-state index >= 15 is 0 Å². The summed E-state index contributed by atoms with van der Waals surface area (Å²) in [5.74, 6) is -3.74. The molecule has 1 aliphatic rings. The number of H-pyrrole nitrogens is 1. The molecule has 1 fully saturated rings. The average molecular weight is 480 g/mol. The molecule has 2 rings (SSSR count). The number of nitrogens with one attached hydrogen (secondary N) is 3. The molecule has 4 unspecified atom stereocenters. The minimum absolute atomic E-state index is 0.000136. The maximum absolute atomic E-state index is 13.3. The van der Waals surface area contributed by atoms with Crippen molar-refractivity contribution in [1.29, 1.82) is 0 Å². The van der Waals surface area contributed by atoms with E-state index in [2.05, 4.69) is 20.6 Å². The van der Waals surface area contributed by atoms with Gasteiger partial charge in [-0.3, -0.25) is 19.2 Å². The van der Waals surface area contributed by atoms with Gasteiger partial charge >= 0.3 is 5.97 Å². The summed E-state index contributed by atoms with van der Waals surface area (Å²) in [6, 6.07) is -4.30. The smallest absolute Gasteiger partial charge is 0.326 e. The molecule has 4 amide bonds. The fourth-order valence-electron chi connectivity index (χ4n) is 3.87. The maximum Gasteiger partial charge on any atom is 0.326 e. The highest BCUT2D eigenvalue weighted by Crippen LogP contribution is 2.19. The quantitative estimate of drug-likeness (QED) is 0.202. The van der Waals surface area contributed by atoms with Crippen LogP contribution < -0.4 is 22.1 Å². The molecule has 188 valence electrons. The van der Waals surface area contributed by atoms with E-state index in [0.717, 1.165) is 0 Å². The predicted octanol–water partition coefficient (Wildman–Crippen LogP) is -1.75. The zero-order valence-electron chi connectivity index (χ0n) is 19.3. The van der Waals surface area contributed by atoms with Crippen LogP contribution in [0.4, 0.5) is 0 Å². The second kappa shape index (κ2) is 12.1. The second-order valence-corrected chi connectivity index (χ2v) is 8.84. The maximum atomic E-state index is 13.3. The Hall–Kier alpha value is -3.48. The highest BCUT2D eigenvalue weighted by atomic mass is 16.4. The van der Waals surface area contributed by atoms with Crippen LogP contribution in [0.25, 0.3) is 0 Å². The molecule has 0 radical (unpaired) electrons. The van der Waals surface area contributed by atoms with Crippen LogP contribution in [0.3, 0.4) is 0 Å². The molecule has 0 aliphatic carbocycles. The van der Waals surface area contributed by atoms with Crippen molar-refractivity contribution in [3.63, 3.8) is 0 Å². The summed E-state index contributed by atoms with van der Waals surface area (Å²) in [7, 11) is 0. The number of primary amides is 1. The van der Waals surface area contributed by atoms with Crippen molar-refractivity contribution in [3.8, 4) is 0 Å². The van der Waals surface area contributed by atoms with Gasteiger partial charge in [0.05, 0.1) is 18.8 Å². The summed E-state index contributed by atoms with van der Waals surface area (Å²) >= 11 is 0. The van der Waals surface area contributed by atoms with E-state index in [1.54, 1.807) is 0 Å². The standard InChI is InChI=1S/C21H33N7O6/c1-11(2)6-14(26-18(30)13(22)8-17(23)29)19(31)27-15(7-12-9-24-10-25-12)20(32)28-5-3-4-16(28)21(33)34/h9-11,13-16H,3-8,22H2,1-2H3,(H2,23,29)(H,24,25)(H,26,30)(H,27,31)(H,33,34). The molecule has 0 aromatic carbocycles. The summed E-state index contributed by atoms with van der Waals surface area (Å²) in [4.78, 5) is 69.5. The van der Waals surface area contributed by atoms with Crippen molar-refractivity contribution in [3.05, 3.63) is 18.2 Å². The van der Waals surface area contributed by atoms with Gasteiger partial charge in [-0.15, -0.1) is 0 Å². The van der Waals surface area contributed by atoms with Crippen molar-refractivity contribution in [2.45, 2.75) is 70.1 Å². The third-order valence-corrected chi connectivity index (χ3v) is 5.51. The Morgan fingerprint density at radius 2 is 1.88 bits per heavy atom. The van der Waals surface area contributed by atoms with Gasteiger partial charge in [0, 0.05) is 24.9 Å². The Balaban J connectivity index is 2.21. The van der Waals surface area contributed by atoms with Crippen LogP contribution in [0.15, 0.2) is 12.5 Å². The van der Waals surface area contributed by atoms with Crippen LogP contribution in [0, 0.1) is 5.92 Å². The molecule has 4 atom stereocenters. The van der Waals surface area contributed by atoms with E-state index in [-0.39, 0.29) is 31.7 Å². The van der Waals surface area contributed by atoms with Gasteiger partial charge in [0.15, 0.2) is 0 Å². The lowest BCUT2D eigenvalue weighted by atomic mass is 10.0. The molecule has 13 nitrogen and oxygen atoms in total. The first-order chi connectivity index (χ1) is 16.0. The Kier molecular flexibility index (Phi) is 9.54. The number of hydrogen-bond acceptors (Lipinski definition) is 7. The number of rotatable bonds is 12. The fourth-order valence-corrected chi connectivity index (χ4v) is 3.87. The number of nitrogens with zero attached hydrogens (tertiary/aromatic N) is 2. The zero-order chi connectivity index (χ0) is 25.4. The van der Waals surface area contributed by atoms with Gasteiger partial charge in [-0.05, 0) is 25.2 Å². The van der Waals surface area contributed by atoms with Gasteiger partial charge in [-0.25, -0.2) is 9.78 Å². The average Bonchev–Trinajstić information content (AvgIpc) is 3.43. The van der Waals surface area contributed by atoms with E-state index in [1.807, 2.05) is 13.8 Å². The molecule has 1 aromatic rings. The van der Waals surface area contributed by atoms with Crippen molar-refractivity contribution in [2.24, 2.45) is 17.4 Å². The van der Waals surface area contributed by atoms with Gasteiger partial charge in [0.25, 0.3) is 0 Å². The molecule has 0 saturated carbocycles. The lowest BCUT2D eigenvalue weighted by molar-refractivity contribution is -0.149. The van der Waals surface area contributed by atoms with Gasteiger partial charge in [-0.2, -0.15) is 0 Å². The van der Waals surface area contributed by atoms with Gasteiger partial charge in [-0.1, -0.05) is 13.8 Å². The number of likely N-dealkylation sites (tertiary alicyclic amines) is 1. The van der Waals surface area contributed by atoms with E-state index in [9.17, 15) is 29.1 Å². The van der Waals surface area contributed by atoms with Crippen LogP contribution in [0.2, 0.25) is 0 Å². The first-order valence-electron chi connectivity index (χ1n) is 11.1. The summed E-state index contributed by atoms with van der Waals surface area (Å²) < 4.78 is 0. The summed E-state index contributed by atoms with van der Waals surface area (Å²) in [6.07, 6.45) is 3.71. The molecular weight excluding hydrogens is 446 g/mol. The van der Waals surface area contributed by atoms with Crippen molar-refractivity contribution in [2.75, 3.05) is 6.54 Å². The van der Waals surface area contributed by atoms with Crippen LogP contribution in [0.1, 0.15) is 45.2 Å². The monoisotopic (exact) mass is 479 g/mol. The Bertz CT molecular complexity index is 888. The first kappa shape index (κ1) is 26.8. The number of aliphatic carboxylic acids is 1. The molecule has 1 saturated heterocycles. The number of carbonyl (C=O) groups excluding carboxylic acids is 4. The van der Waals surface area contributed by atoms with Crippen LogP contribution in [0.5, 0.6) is 0 Å². The lowest BCUT2D eigenvalue weighted by Crippen LogP contribution is -2.58. The number of nitrogens with two attached hydrogens (primary N) is 2. The molecule has 34 heavy (non-hydrogen) atoms. The second-order valence-electron chi connectivity index (χ2n) is 8.84. The van der Waals surface area contributed by atoms with E-state index in [0.29, 0.717) is 18.5 Å². The fraction of sp³-hybridized carbons (Fsp3) is 0.619. The largest absolute Gasteiger partial charge is 0.480 e.